The van der Waals surface area contributed by atoms with Crippen molar-refractivity contribution in [3.05, 3.63) is 46.9 Å². The number of aliphatic imine (C=N–C) groups is 1. The van der Waals surface area contributed by atoms with Crippen molar-refractivity contribution < 1.29 is 28.1 Å². The summed E-state index contributed by atoms with van der Waals surface area (Å²) in [4.78, 5) is 4.22. The number of halogens is 1. The van der Waals surface area contributed by atoms with Crippen molar-refractivity contribution in [2.45, 2.75) is 6.42 Å². The van der Waals surface area contributed by atoms with Gasteiger partial charge in [-0.15, -0.1) is 0 Å². The fourth-order valence-corrected chi connectivity index (χ4v) is 2.83. The Bertz CT molecular complexity index is 762. The molecule has 0 fully saturated rings. The summed E-state index contributed by atoms with van der Waals surface area (Å²) in [6, 6.07) is 3.01. The smallest absolute Gasteiger partial charge is 0.164 e. The molecular formula is C21H29FN2O5. The Morgan fingerprint density at radius 2 is 1.83 bits per heavy atom. The molecule has 1 aromatic rings. The van der Waals surface area contributed by atoms with Crippen LogP contribution in [0.4, 0.5) is 4.39 Å². The average molecular weight is 408 g/mol. The molecular weight excluding hydrogens is 379 g/mol. The molecule has 0 saturated carbocycles. The first-order valence-corrected chi connectivity index (χ1v) is 9.32. The standard InChI is InChI=1S/C21H29FN2O5/c1-23-21-17(5-6-25-2)16(14-24-21)11-15-12-19(27-4)20(13-18(15)22)29-10-9-28-8-7-26-3/h5,12-14H,6-11H2,1-4H3,(H,23,24)/b17-5-. The van der Waals surface area contributed by atoms with Crippen molar-refractivity contribution in [1.82, 2.24) is 5.32 Å². The first kappa shape index (κ1) is 22.9. The van der Waals surface area contributed by atoms with Crippen LogP contribution in [0.5, 0.6) is 11.5 Å². The molecule has 0 bridgehead atoms. The lowest BCUT2D eigenvalue weighted by atomic mass is 9.99. The maximum atomic E-state index is 14.7. The van der Waals surface area contributed by atoms with Gasteiger partial charge in [-0.3, -0.25) is 4.99 Å². The molecule has 1 aliphatic heterocycles. The number of nitrogens with one attached hydrogen (secondary N) is 1. The fourth-order valence-electron chi connectivity index (χ4n) is 2.83. The van der Waals surface area contributed by atoms with Crippen LogP contribution in [0.15, 0.2) is 40.5 Å². The number of hydrogen-bond donors (Lipinski definition) is 1. The minimum absolute atomic E-state index is 0.286. The van der Waals surface area contributed by atoms with Crippen LogP contribution in [0, 0.1) is 5.82 Å². The van der Waals surface area contributed by atoms with E-state index >= 15 is 0 Å². The van der Waals surface area contributed by atoms with Gasteiger partial charge in [-0.05, 0) is 23.3 Å². The van der Waals surface area contributed by atoms with E-state index in [0.29, 0.717) is 49.9 Å². The maximum Gasteiger partial charge on any atom is 0.164 e. The zero-order chi connectivity index (χ0) is 21.1. The summed E-state index contributed by atoms with van der Waals surface area (Å²) < 4.78 is 41.1. The number of rotatable bonds is 12. The van der Waals surface area contributed by atoms with Gasteiger partial charge in [-0.2, -0.15) is 0 Å². The van der Waals surface area contributed by atoms with E-state index in [-0.39, 0.29) is 12.4 Å². The molecule has 0 aliphatic carbocycles. The summed E-state index contributed by atoms with van der Waals surface area (Å²) in [5.74, 6) is 1.18. The Morgan fingerprint density at radius 3 is 2.52 bits per heavy atom. The number of amidine groups is 1. The Labute approximate surface area is 171 Å². The summed E-state index contributed by atoms with van der Waals surface area (Å²) in [5, 5.41) is 3.11. The van der Waals surface area contributed by atoms with Crippen LogP contribution in [-0.2, 0) is 20.6 Å². The first-order valence-electron chi connectivity index (χ1n) is 9.32. The highest BCUT2D eigenvalue weighted by atomic mass is 19.1. The molecule has 1 N–H and O–H groups in total. The number of hydrogen-bond acceptors (Lipinski definition) is 6. The number of nitrogens with zero attached hydrogens (tertiary/aromatic N) is 1. The van der Waals surface area contributed by atoms with E-state index in [1.165, 1.54) is 13.2 Å². The molecule has 0 saturated heterocycles. The Hall–Kier alpha value is -2.42. The molecule has 8 heteroatoms. The molecule has 0 spiro atoms. The van der Waals surface area contributed by atoms with Crippen molar-refractivity contribution in [1.29, 1.82) is 0 Å². The lowest BCUT2D eigenvalue weighted by Gasteiger charge is -2.14. The van der Waals surface area contributed by atoms with Gasteiger partial charge in [0.1, 0.15) is 18.3 Å². The molecule has 7 nitrogen and oxygen atoms in total. The molecule has 1 aromatic carbocycles. The molecule has 1 aliphatic rings. The molecule has 160 valence electrons. The van der Waals surface area contributed by atoms with E-state index in [1.807, 2.05) is 12.3 Å². The zero-order valence-electron chi connectivity index (χ0n) is 17.4. The molecule has 0 atom stereocenters. The van der Waals surface area contributed by atoms with Gasteiger partial charge in [0.2, 0.25) is 0 Å². The third kappa shape index (κ3) is 6.56. The fraction of sp³-hybridized carbons (Fsp3) is 0.476. The number of methoxy groups -OCH3 is 3. The molecule has 2 rings (SSSR count). The summed E-state index contributed by atoms with van der Waals surface area (Å²) in [6.45, 7) is 2.10. The summed E-state index contributed by atoms with van der Waals surface area (Å²) in [6.07, 6.45) is 4.13. The van der Waals surface area contributed by atoms with Crippen LogP contribution >= 0.6 is 0 Å². The predicted octanol–water partition coefficient (Wildman–Crippen LogP) is 2.51. The van der Waals surface area contributed by atoms with Crippen LogP contribution in [0.3, 0.4) is 0 Å². The highest BCUT2D eigenvalue weighted by Crippen LogP contribution is 2.32. The van der Waals surface area contributed by atoms with Crippen LogP contribution < -0.4 is 14.8 Å². The second-order valence-corrected chi connectivity index (χ2v) is 6.18. The molecule has 1 heterocycles. The third-order valence-electron chi connectivity index (χ3n) is 4.29. The molecule has 0 amide bonds. The molecule has 0 unspecified atom stereocenters. The third-order valence-corrected chi connectivity index (χ3v) is 4.29. The predicted molar refractivity (Wildman–Crippen MR) is 109 cm³/mol. The molecule has 0 aromatic heterocycles. The lowest BCUT2D eigenvalue weighted by molar-refractivity contribution is 0.0539. The molecule has 0 radical (unpaired) electrons. The van der Waals surface area contributed by atoms with Gasteiger partial charge < -0.3 is 29.0 Å². The van der Waals surface area contributed by atoms with E-state index in [4.69, 9.17) is 23.7 Å². The van der Waals surface area contributed by atoms with Crippen molar-refractivity contribution in [3.63, 3.8) is 0 Å². The lowest BCUT2D eigenvalue weighted by Crippen LogP contribution is -2.13. The van der Waals surface area contributed by atoms with E-state index in [2.05, 4.69) is 10.3 Å². The summed E-state index contributed by atoms with van der Waals surface area (Å²) in [5.41, 5.74) is 2.32. The topological polar surface area (TPSA) is 70.5 Å². The normalized spacial score (nSPS) is 16.2. The first-order chi connectivity index (χ1) is 14.1. The van der Waals surface area contributed by atoms with Crippen molar-refractivity contribution in [2.75, 3.05) is 61.4 Å². The highest BCUT2D eigenvalue weighted by Gasteiger charge is 2.21. The Balaban J connectivity index is 2.08. The van der Waals surface area contributed by atoms with Gasteiger partial charge in [-0.25, -0.2) is 4.39 Å². The van der Waals surface area contributed by atoms with Crippen LogP contribution in [0.2, 0.25) is 0 Å². The van der Waals surface area contributed by atoms with Crippen molar-refractivity contribution in [3.8, 4) is 11.5 Å². The van der Waals surface area contributed by atoms with E-state index in [1.54, 1.807) is 27.3 Å². The Kier molecular flexibility index (Phi) is 9.63. The number of benzene rings is 1. The van der Waals surface area contributed by atoms with Gasteiger partial charge in [0.15, 0.2) is 11.5 Å². The average Bonchev–Trinajstić information content (AvgIpc) is 3.12. The minimum atomic E-state index is -0.366. The number of ether oxygens (including phenoxy) is 5. The Morgan fingerprint density at radius 1 is 1.03 bits per heavy atom. The van der Waals surface area contributed by atoms with E-state index in [0.717, 1.165) is 17.0 Å². The minimum Gasteiger partial charge on any atom is -0.493 e. The molecule has 29 heavy (non-hydrogen) atoms. The van der Waals surface area contributed by atoms with Gasteiger partial charge in [-0.1, -0.05) is 0 Å². The summed E-state index contributed by atoms with van der Waals surface area (Å²) in [7, 11) is 6.46. The van der Waals surface area contributed by atoms with Crippen LogP contribution in [0.25, 0.3) is 0 Å². The van der Waals surface area contributed by atoms with Gasteiger partial charge in [0, 0.05) is 45.5 Å². The monoisotopic (exact) mass is 408 g/mol. The van der Waals surface area contributed by atoms with E-state index < -0.39 is 0 Å². The van der Waals surface area contributed by atoms with Gasteiger partial charge in [0.25, 0.3) is 0 Å². The van der Waals surface area contributed by atoms with Gasteiger partial charge in [0.05, 0.1) is 33.5 Å². The van der Waals surface area contributed by atoms with Crippen LogP contribution in [-0.4, -0.2) is 67.2 Å². The van der Waals surface area contributed by atoms with Crippen molar-refractivity contribution in [2.24, 2.45) is 4.99 Å². The second-order valence-electron chi connectivity index (χ2n) is 6.18. The quantitative estimate of drug-likeness (QED) is 0.536. The van der Waals surface area contributed by atoms with Gasteiger partial charge >= 0.3 is 0 Å². The SMILES string of the molecule is CN=C1NC=C(Cc2cc(OC)c(OCCOCCOC)cc2F)/C1=C/COC. The van der Waals surface area contributed by atoms with E-state index in [9.17, 15) is 4.39 Å². The highest BCUT2D eigenvalue weighted by molar-refractivity contribution is 6.05. The van der Waals surface area contributed by atoms with Crippen LogP contribution in [0.1, 0.15) is 5.56 Å². The largest absolute Gasteiger partial charge is 0.493 e. The maximum absolute atomic E-state index is 14.7. The van der Waals surface area contributed by atoms with Crippen molar-refractivity contribution >= 4 is 5.84 Å². The second kappa shape index (κ2) is 12.2. The summed E-state index contributed by atoms with van der Waals surface area (Å²) >= 11 is 0. The zero-order valence-corrected chi connectivity index (χ0v) is 17.4.